The van der Waals surface area contributed by atoms with E-state index in [0.717, 1.165) is 37.0 Å². The number of nitrogens with zero attached hydrogens (tertiary/aromatic N) is 2. The number of hydrogen-bond acceptors (Lipinski definition) is 4. The van der Waals surface area contributed by atoms with Crippen LogP contribution in [0.2, 0.25) is 0 Å². The van der Waals surface area contributed by atoms with Crippen LogP contribution in [0.15, 0.2) is 24.3 Å². The molecule has 0 atom stereocenters. The van der Waals surface area contributed by atoms with Crippen molar-refractivity contribution in [3.63, 3.8) is 0 Å². The molecule has 2 fully saturated rings. The summed E-state index contributed by atoms with van der Waals surface area (Å²) in [5, 5.41) is 3.00. The Bertz CT molecular complexity index is 582. The summed E-state index contributed by atoms with van der Waals surface area (Å²) in [5.74, 6) is 1.61. The maximum atomic E-state index is 12.0. The fourth-order valence-corrected chi connectivity index (χ4v) is 3.96. The third-order valence-electron chi connectivity index (χ3n) is 4.75. The molecule has 0 aromatic heterocycles. The molecule has 24 heavy (non-hydrogen) atoms. The smallest absolute Gasteiger partial charge is 0.281 e. The Morgan fingerprint density at radius 3 is 2.54 bits per heavy atom. The van der Waals surface area contributed by atoms with Crippen LogP contribution in [0.4, 0.5) is 16.2 Å². The quantitative estimate of drug-likeness (QED) is 0.887. The molecule has 0 saturated carbocycles. The number of piperidine rings is 1. The molecule has 130 valence electrons. The maximum absolute atomic E-state index is 12.0. The van der Waals surface area contributed by atoms with Crippen LogP contribution in [0.1, 0.15) is 26.2 Å². The molecule has 2 aliphatic rings. The van der Waals surface area contributed by atoms with E-state index in [1.807, 2.05) is 12.1 Å². The molecule has 0 unspecified atom stereocenters. The van der Waals surface area contributed by atoms with E-state index in [9.17, 15) is 9.59 Å². The lowest BCUT2D eigenvalue weighted by atomic mass is 9.99. The average molecular weight is 347 g/mol. The number of thioether (sulfide) groups is 1. The molecule has 2 saturated heterocycles. The van der Waals surface area contributed by atoms with Crippen LogP contribution in [0.3, 0.4) is 0 Å². The summed E-state index contributed by atoms with van der Waals surface area (Å²) >= 11 is 1.33. The van der Waals surface area contributed by atoms with Crippen LogP contribution >= 0.6 is 11.8 Å². The van der Waals surface area contributed by atoms with Crippen molar-refractivity contribution in [2.45, 2.75) is 26.2 Å². The topological polar surface area (TPSA) is 52.7 Å². The van der Waals surface area contributed by atoms with Crippen LogP contribution in [0.25, 0.3) is 0 Å². The van der Waals surface area contributed by atoms with Crippen LogP contribution < -0.4 is 10.2 Å². The normalized spacial score (nSPS) is 19.0. The van der Waals surface area contributed by atoms with Gasteiger partial charge in [-0.1, -0.05) is 18.7 Å². The number of carbonyl (C=O) groups excluding carboxylic acids is 2. The number of benzene rings is 1. The van der Waals surface area contributed by atoms with Crippen molar-refractivity contribution >= 4 is 34.3 Å². The lowest BCUT2D eigenvalue weighted by Gasteiger charge is -2.32. The summed E-state index contributed by atoms with van der Waals surface area (Å²) in [5.41, 5.74) is 2.04. The summed E-state index contributed by atoms with van der Waals surface area (Å²) < 4.78 is 0. The highest BCUT2D eigenvalue weighted by Crippen LogP contribution is 2.24. The number of amides is 2. The first kappa shape index (κ1) is 17.1. The number of carbonyl (C=O) groups is 2. The Morgan fingerprint density at radius 2 is 1.92 bits per heavy atom. The Hall–Kier alpha value is -1.69. The second-order valence-corrected chi connectivity index (χ2v) is 7.66. The molecule has 3 rings (SSSR count). The predicted molar refractivity (Wildman–Crippen MR) is 99.7 cm³/mol. The number of rotatable bonds is 5. The van der Waals surface area contributed by atoms with Gasteiger partial charge >= 0.3 is 0 Å². The molecule has 6 heteroatoms. The van der Waals surface area contributed by atoms with Gasteiger partial charge in [0.15, 0.2) is 0 Å². The Labute approximate surface area is 147 Å². The molecule has 0 bridgehead atoms. The number of nitrogens with one attached hydrogen (secondary N) is 1. The largest absolute Gasteiger partial charge is 0.372 e. The standard InChI is InChI=1S/C18H25N3O2S/c1-14-6-9-20(10-7-14)16-4-2-15(3-5-16)19-17(22)8-11-21-12-13-24-18(21)23/h2-5,14H,6-13H2,1H3,(H,19,22). The van der Waals surface area contributed by atoms with Gasteiger partial charge < -0.3 is 15.1 Å². The minimum atomic E-state index is -0.0424. The van der Waals surface area contributed by atoms with Gasteiger partial charge in [-0.15, -0.1) is 0 Å². The first-order chi connectivity index (χ1) is 11.6. The van der Waals surface area contributed by atoms with Crippen molar-refractivity contribution in [1.82, 2.24) is 4.90 Å². The van der Waals surface area contributed by atoms with Gasteiger partial charge in [0.05, 0.1) is 0 Å². The van der Waals surface area contributed by atoms with E-state index in [-0.39, 0.29) is 11.1 Å². The Balaban J connectivity index is 1.47. The van der Waals surface area contributed by atoms with Crippen LogP contribution in [0.5, 0.6) is 0 Å². The van der Waals surface area contributed by atoms with E-state index < -0.39 is 0 Å². The van der Waals surface area contributed by atoms with Crippen LogP contribution in [0, 0.1) is 5.92 Å². The van der Waals surface area contributed by atoms with Crippen molar-refractivity contribution in [2.24, 2.45) is 5.92 Å². The highest BCUT2D eigenvalue weighted by atomic mass is 32.2. The minimum Gasteiger partial charge on any atom is -0.372 e. The molecule has 2 aliphatic heterocycles. The molecule has 5 nitrogen and oxygen atoms in total. The SMILES string of the molecule is CC1CCN(c2ccc(NC(=O)CCN3CCSC3=O)cc2)CC1. The summed E-state index contributed by atoms with van der Waals surface area (Å²) in [6.45, 7) is 5.77. The van der Waals surface area contributed by atoms with Gasteiger partial charge in [0.25, 0.3) is 5.24 Å². The zero-order valence-corrected chi connectivity index (χ0v) is 15.0. The second kappa shape index (κ2) is 7.92. The number of anilines is 2. The lowest BCUT2D eigenvalue weighted by Crippen LogP contribution is -2.32. The minimum absolute atomic E-state index is 0.0424. The first-order valence-electron chi connectivity index (χ1n) is 8.68. The summed E-state index contributed by atoms with van der Waals surface area (Å²) in [4.78, 5) is 27.7. The van der Waals surface area contributed by atoms with Gasteiger partial charge in [0.2, 0.25) is 5.91 Å². The summed E-state index contributed by atoms with van der Waals surface area (Å²) in [6, 6.07) is 8.07. The predicted octanol–water partition coefficient (Wildman–Crippen LogP) is 3.42. The highest BCUT2D eigenvalue weighted by molar-refractivity contribution is 8.13. The van der Waals surface area contributed by atoms with Gasteiger partial charge in [0, 0.05) is 49.7 Å². The van der Waals surface area contributed by atoms with Crippen molar-refractivity contribution < 1.29 is 9.59 Å². The van der Waals surface area contributed by atoms with Crippen molar-refractivity contribution in [3.8, 4) is 0 Å². The lowest BCUT2D eigenvalue weighted by molar-refractivity contribution is -0.116. The maximum Gasteiger partial charge on any atom is 0.281 e. The Morgan fingerprint density at radius 1 is 1.21 bits per heavy atom. The van der Waals surface area contributed by atoms with E-state index >= 15 is 0 Å². The highest BCUT2D eigenvalue weighted by Gasteiger charge is 2.21. The number of hydrogen-bond donors (Lipinski definition) is 1. The Kier molecular flexibility index (Phi) is 5.66. The zero-order valence-electron chi connectivity index (χ0n) is 14.2. The molecular formula is C18H25N3O2S. The molecule has 0 radical (unpaired) electrons. The van der Waals surface area contributed by atoms with Gasteiger partial charge in [-0.3, -0.25) is 9.59 Å². The van der Waals surface area contributed by atoms with E-state index in [4.69, 9.17) is 0 Å². The zero-order chi connectivity index (χ0) is 16.9. The molecule has 1 aromatic carbocycles. The van der Waals surface area contributed by atoms with E-state index in [1.165, 1.54) is 30.3 Å². The average Bonchev–Trinajstić information content (AvgIpc) is 3.00. The fraction of sp³-hybridized carbons (Fsp3) is 0.556. The molecule has 0 spiro atoms. The van der Waals surface area contributed by atoms with Gasteiger partial charge in [-0.05, 0) is 43.0 Å². The molecule has 1 aromatic rings. The molecule has 2 heterocycles. The van der Waals surface area contributed by atoms with E-state index in [0.29, 0.717) is 13.0 Å². The van der Waals surface area contributed by atoms with Crippen LogP contribution in [-0.4, -0.2) is 48.0 Å². The first-order valence-corrected chi connectivity index (χ1v) is 9.67. The van der Waals surface area contributed by atoms with E-state index in [2.05, 4.69) is 29.3 Å². The van der Waals surface area contributed by atoms with E-state index in [1.54, 1.807) is 4.90 Å². The fourth-order valence-electron chi connectivity index (χ4n) is 3.11. The second-order valence-electron chi connectivity index (χ2n) is 6.62. The molecular weight excluding hydrogens is 322 g/mol. The third-order valence-corrected chi connectivity index (χ3v) is 5.65. The third kappa shape index (κ3) is 4.44. The van der Waals surface area contributed by atoms with Crippen molar-refractivity contribution in [2.75, 3.05) is 42.1 Å². The monoisotopic (exact) mass is 347 g/mol. The molecule has 0 aliphatic carbocycles. The van der Waals surface area contributed by atoms with Gasteiger partial charge in [-0.2, -0.15) is 0 Å². The van der Waals surface area contributed by atoms with Crippen molar-refractivity contribution in [3.05, 3.63) is 24.3 Å². The van der Waals surface area contributed by atoms with Crippen LogP contribution in [-0.2, 0) is 4.79 Å². The summed E-state index contributed by atoms with van der Waals surface area (Å²) in [7, 11) is 0. The molecule has 1 N–H and O–H groups in total. The van der Waals surface area contributed by atoms with Gasteiger partial charge in [-0.25, -0.2) is 0 Å². The van der Waals surface area contributed by atoms with Gasteiger partial charge in [0.1, 0.15) is 0 Å². The summed E-state index contributed by atoms with van der Waals surface area (Å²) in [6.07, 6.45) is 2.83. The van der Waals surface area contributed by atoms with Crippen molar-refractivity contribution in [1.29, 1.82) is 0 Å². The molecule has 2 amide bonds.